The lowest BCUT2D eigenvalue weighted by atomic mass is 10.1. The van der Waals surface area contributed by atoms with Crippen molar-refractivity contribution in [3.8, 4) is 0 Å². The molecular formula is C25H54N2O2. The Balaban J connectivity index is 0. The van der Waals surface area contributed by atoms with Crippen LogP contribution in [0.15, 0.2) is 0 Å². The van der Waals surface area contributed by atoms with Crippen molar-refractivity contribution in [2.24, 2.45) is 5.73 Å². The Labute approximate surface area is 183 Å². The van der Waals surface area contributed by atoms with Crippen LogP contribution in [0.2, 0.25) is 0 Å². The van der Waals surface area contributed by atoms with E-state index in [4.69, 9.17) is 10.8 Å². The van der Waals surface area contributed by atoms with Gasteiger partial charge in [-0.15, -0.1) is 0 Å². The van der Waals surface area contributed by atoms with Gasteiger partial charge in [0.2, 0.25) is 0 Å². The SMILES string of the molecule is CCCCCCCCCCCCCC(=O)O.CCCCN(CCCC)CCCN. The van der Waals surface area contributed by atoms with E-state index >= 15 is 0 Å². The summed E-state index contributed by atoms with van der Waals surface area (Å²) in [6.07, 6.45) is 20.8. The average Bonchev–Trinajstić information content (AvgIpc) is 2.71. The van der Waals surface area contributed by atoms with E-state index in [0.717, 1.165) is 25.8 Å². The van der Waals surface area contributed by atoms with Crippen LogP contribution in [0, 0.1) is 0 Å². The molecule has 0 atom stereocenters. The van der Waals surface area contributed by atoms with Crippen LogP contribution in [-0.2, 0) is 4.79 Å². The Morgan fingerprint density at radius 3 is 1.38 bits per heavy atom. The van der Waals surface area contributed by atoms with Gasteiger partial charge in [-0.25, -0.2) is 0 Å². The quantitative estimate of drug-likeness (QED) is 0.198. The van der Waals surface area contributed by atoms with Crippen LogP contribution in [0.1, 0.15) is 130 Å². The highest BCUT2D eigenvalue weighted by atomic mass is 16.4. The number of unbranched alkanes of at least 4 members (excludes halogenated alkanes) is 12. The van der Waals surface area contributed by atoms with Crippen molar-refractivity contribution in [3.63, 3.8) is 0 Å². The molecule has 0 bridgehead atoms. The van der Waals surface area contributed by atoms with E-state index in [1.54, 1.807) is 0 Å². The van der Waals surface area contributed by atoms with Gasteiger partial charge in [-0.1, -0.05) is 97.8 Å². The minimum Gasteiger partial charge on any atom is -0.481 e. The van der Waals surface area contributed by atoms with Gasteiger partial charge >= 0.3 is 5.97 Å². The predicted molar refractivity (Wildman–Crippen MR) is 129 cm³/mol. The molecule has 0 amide bonds. The van der Waals surface area contributed by atoms with E-state index in [1.165, 1.54) is 103 Å². The van der Waals surface area contributed by atoms with Crippen LogP contribution in [0.4, 0.5) is 0 Å². The molecule has 0 radical (unpaired) electrons. The van der Waals surface area contributed by atoms with Gasteiger partial charge in [0.05, 0.1) is 0 Å². The van der Waals surface area contributed by atoms with Gasteiger partial charge < -0.3 is 15.7 Å². The zero-order chi connectivity index (χ0) is 22.0. The first-order valence-electron chi connectivity index (χ1n) is 12.8. The first kappa shape index (κ1) is 30.6. The molecule has 0 aromatic rings. The van der Waals surface area contributed by atoms with E-state index in [-0.39, 0.29) is 0 Å². The highest BCUT2D eigenvalue weighted by Gasteiger charge is 2.02. The molecule has 4 heteroatoms. The second-order valence-electron chi connectivity index (χ2n) is 8.37. The van der Waals surface area contributed by atoms with Crippen molar-refractivity contribution in [1.29, 1.82) is 0 Å². The van der Waals surface area contributed by atoms with Gasteiger partial charge in [0.1, 0.15) is 0 Å². The van der Waals surface area contributed by atoms with Crippen molar-refractivity contribution in [3.05, 3.63) is 0 Å². The summed E-state index contributed by atoms with van der Waals surface area (Å²) in [6, 6.07) is 0. The van der Waals surface area contributed by atoms with Gasteiger partial charge in [0.25, 0.3) is 0 Å². The Bertz CT molecular complexity index is 292. The molecular weight excluding hydrogens is 360 g/mol. The highest BCUT2D eigenvalue weighted by molar-refractivity contribution is 5.66. The molecule has 0 spiro atoms. The van der Waals surface area contributed by atoms with Crippen LogP contribution >= 0.6 is 0 Å². The van der Waals surface area contributed by atoms with Crippen molar-refractivity contribution in [1.82, 2.24) is 4.90 Å². The number of nitrogens with zero attached hydrogens (tertiary/aromatic N) is 1. The van der Waals surface area contributed by atoms with Gasteiger partial charge in [0.15, 0.2) is 0 Å². The van der Waals surface area contributed by atoms with Crippen LogP contribution in [-0.4, -0.2) is 42.2 Å². The molecule has 29 heavy (non-hydrogen) atoms. The summed E-state index contributed by atoms with van der Waals surface area (Å²) in [4.78, 5) is 12.8. The van der Waals surface area contributed by atoms with Crippen LogP contribution in [0.25, 0.3) is 0 Å². The van der Waals surface area contributed by atoms with Crippen molar-refractivity contribution in [2.45, 2.75) is 130 Å². The molecule has 0 aliphatic carbocycles. The Kier molecular flexibility index (Phi) is 28.9. The van der Waals surface area contributed by atoms with E-state index in [1.807, 2.05) is 0 Å². The highest BCUT2D eigenvalue weighted by Crippen LogP contribution is 2.11. The summed E-state index contributed by atoms with van der Waals surface area (Å²) in [5, 5.41) is 8.46. The molecule has 0 aromatic carbocycles. The molecule has 0 saturated carbocycles. The van der Waals surface area contributed by atoms with Gasteiger partial charge in [0, 0.05) is 6.42 Å². The molecule has 0 aromatic heterocycles. The van der Waals surface area contributed by atoms with E-state index < -0.39 is 5.97 Å². The van der Waals surface area contributed by atoms with Gasteiger partial charge in [-0.05, 0) is 51.9 Å². The van der Waals surface area contributed by atoms with E-state index in [0.29, 0.717) is 6.42 Å². The van der Waals surface area contributed by atoms with Crippen molar-refractivity contribution in [2.75, 3.05) is 26.2 Å². The number of hydrogen-bond acceptors (Lipinski definition) is 3. The fourth-order valence-electron chi connectivity index (χ4n) is 3.35. The van der Waals surface area contributed by atoms with E-state index in [2.05, 4.69) is 25.7 Å². The number of aliphatic carboxylic acids is 1. The summed E-state index contributed by atoms with van der Waals surface area (Å²) < 4.78 is 0. The number of hydrogen-bond donors (Lipinski definition) is 2. The monoisotopic (exact) mass is 414 g/mol. The molecule has 3 N–H and O–H groups in total. The third-order valence-electron chi connectivity index (χ3n) is 5.33. The second-order valence-corrected chi connectivity index (χ2v) is 8.37. The third-order valence-corrected chi connectivity index (χ3v) is 5.33. The zero-order valence-corrected chi connectivity index (χ0v) is 20.2. The lowest BCUT2D eigenvalue weighted by molar-refractivity contribution is -0.137. The molecule has 0 heterocycles. The number of carboxylic acids is 1. The van der Waals surface area contributed by atoms with Crippen molar-refractivity contribution < 1.29 is 9.90 Å². The number of rotatable bonds is 21. The number of carbonyl (C=O) groups is 1. The Hall–Kier alpha value is -0.610. The fourth-order valence-corrected chi connectivity index (χ4v) is 3.35. The lowest BCUT2D eigenvalue weighted by Gasteiger charge is -2.21. The number of nitrogens with two attached hydrogens (primary N) is 1. The maximum absolute atomic E-state index is 10.3. The van der Waals surface area contributed by atoms with Gasteiger partial charge in [-0.2, -0.15) is 0 Å². The standard InChI is InChI=1S/C14H28O2.C11H26N2/c1-2-3-4-5-6-7-8-9-10-11-12-13-14(15)16;1-3-5-9-13(10-6-4-2)11-7-8-12/h2-13H2,1H3,(H,15,16);3-12H2,1-2H3. The molecule has 0 saturated heterocycles. The topological polar surface area (TPSA) is 66.6 Å². The molecule has 0 aliphatic heterocycles. The van der Waals surface area contributed by atoms with Crippen LogP contribution in [0.3, 0.4) is 0 Å². The summed E-state index contributed by atoms with van der Waals surface area (Å²) in [6.45, 7) is 11.3. The molecule has 0 rings (SSSR count). The Morgan fingerprint density at radius 1 is 0.621 bits per heavy atom. The summed E-state index contributed by atoms with van der Waals surface area (Å²) in [5.41, 5.74) is 5.51. The minimum atomic E-state index is -0.657. The molecule has 0 aliphatic rings. The normalized spacial score (nSPS) is 10.8. The molecule has 0 fully saturated rings. The maximum Gasteiger partial charge on any atom is 0.303 e. The molecule has 4 nitrogen and oxygen atoms in total. The van der Waals surface area contributed by atoms with Crippen LogP contribution in [0.5, 0.6) is 0 Å². The fraction of sp³-hybridized carbons (Fsp3) is 0.960. The minimum absolute atomic E-state index is 0.344. The first-order chi connectivity index (χ1) is 14.1. The van der Waals surface area contributed by atoms with Crippen LogP contribution < -0.4 is 5.73 Å². The summed E-state index contributed by atoms with van der Waals surface area (Å²) in [7, 11) is 0. The Morgan fingerprint density at radius 2 is 1.00 bits per heavy atom. The average molecular weight is 415 g/mol. The smallest absolute Gasteiger partial charge is 0.303 e. The van der Waals surface area contributed by atoms with Crippen molar-refractivity contribution >= 4 is 5.97 Å². The number of carboxylic acid groups (broad SMARTS) is 1. The maximum atomic E-state index is 10.3. The van der Waals surface area contributed by atoms with Gasteiger partial charge in [-0.3, -0.25) is 4.79 Å². The predicted octanol–water partition coefficient (Wildman–Crippen LogP) is 7.01. The first-order valence-corrected chi connectivity index (χ1v) is 12.8. The lowest BCUT2D eigenvalue weighted by Crippen LogP contribution is -2.28. The van der Waals surface area contributed by atoms with E-state index in [9.17, 15) is 4.79 Å². The second kappa shape index (κ2) is 27.4. The molecule has 0 unspecified atom stereocenters. The third kappa shape index (κ3) is 29.7. The largest absolute Gasteiger partial charge is 0.481 e. The zero-order valence-electron chi connectivity index (χ0n) is 20.2. The molecule has 176 valence electrons. The summed E-state index contributed by atoms with van der Waals surface area (Å²) in [5.74, 6) is -0.657. The summed E-state index contributed by atoms with van der Waals surface area (Å²) >= 11 is 0.